The van der Waals surface area contributed by atoms with Crippen LogP contribution in [0.5, 0.6) is 5.75 Å². The van der Waals surface area contributed by atoms with Gasteiger partial charge in [0.2, 0.25) is 0 Å². The third-order valence-electron chi connectivity index (χ3n) is 3.06. The van der Waals surface area contributed by atoms with E-state index in [4.69, 9.17) is 16.3 Å². The van der Waals surface area contributed by atoms with E-state index in [9.17, 15) is 4.79 Å². The van der Waals surface area contributed by atoms with Gasteiger partial charge < -0.3 is 10.1 Å². The smallest absolute Gasteiger partial charge is 0.260 e. The van der Waals surface area contributed by atoms with Crippen molar-refractivity contribution in [3.63, 3.8) is 0 Å². The first-order valence-electron chi connectivity index (χ1n) is 7.33. The Labute approximate surface area is 126 Å². The Morgan fingerprint density at radius 3 is 2.75 bits per heavy atom. The van der Waals surface area contributed by atoms with Gasteiger partial charge in [-0.1, -0.05) is 50.3 Å². The predicted octanol–water partition coefficient (Wildman–Crippen LogP) is 4.19. The molecule has 0 aliphatic rings. The number of hydrogen-bond donors (Lipinski definition) is 1. The molecule has 1 atom stereocenters. The maximum Gasteiger partial charge on any atom is 0.260 e. The van der Waals surface area contributed by atoms with Crippen LogP contribution >= 0.6 is 11.6 Å². The first-order valence-corrected chi connectivity index (χ1v) is 7.71. The molecule has 0 aliphatic carbocycles. The second kappa shape index (κ2) is 9.65. The molecular weight excluding hydrogens is 274 g/mol. The lowest BCUT2D eigenvalue weighted by molar-refractivity contribution is -0.127. The van der Waals surface area contributed by atoms with E-state index in [1.54, 1.807) is 31.2 Å². The molecule has 1 amide bonds. The van der Waals surface area contributed by atoms with Crippen LogP contribution in [-0.2, 0) is 4.79 Å². The largest absolute Gasteiger partial charge is 0.481 e. The lowest BCUT2D eigenvalue weighted by Crippen LogP contribution is -2.36. The molecule has 0 aromatic heterocycles. The van der Waals surface area contributed by atoms with Crippen molar-refractivity contribution >= 4 is 17.5 Å². The van der Waals surface area contributed by atoms with Crippen molar-refractivity contribution in [3.05, 3.63) is 29.3 Å². The molecule has 1 rings (SSSR count). The summed E-state index contributed by atoms with van der Waals surface area (Å²) in [6, 6.07) is 7.07. The Balaban J connectivity index is 2.22. The molecule has 0 saturated heterocycles. The van der Waals surface area contributed by atoms with Crippen molar-refractivity contribution in [3.8, 4) is 5.75 Å². The van der Waals surface area contributed by atoms with E-state index in [-0.39, 0.29) is 5.91 Å². The van der Waals surface area contributed by atoms with Crippen molar-refractivity contribution in [2.24, 2.45) is 0 Å². The molecule has 0 radical (unpaired) electrons. The van der Waals surface area contributed by atoms with Gasteiger partial charge in [-0.25, -0.2) is 0 Å². The molecule has 0 aliphatic heterocycles. The molecule has 1 aromatic carbocycles. The second-order valence-electron chi connectivity index (χ2n) is 4.92. The highest BCUT2D eigenvalue weighted by molar-refractivity contribution is 6.30. The lowest BCUT2D eigenvalue weighted by atomic mass is 10.1. The number of ether oxygens (including phenoxy) is 1. The van der Waals surface area contributed by atoms with Crippen LogP contribution in [0.2, 0.25) is 5.02 Å². The van der Waals surface area contributed by atoms with Crippen LogP contribution in [0.1, 0.15) is 46.0 Å². The summed E-state index contributed by atoms with van der Waals surface area (Å²) in [4.78, 5) is 11.9. The Morgan fingerprint density at radius 2 is 2.05 bits per heavy atom. The van der Waals surface area contributed by atoms with Crippen LogP contribution in [0.15, 0.2) is 24.3 Å². The van der Waals surface area contributed by atoms with E-state index in [0.29, 0.717) is 17.3 Å². The number of benzene rings is 1. The molecule has 1 unspecified atom stereocenters. The average molecular weight is 298 g/mol. The van der Waals surface area contributed by atoms with Crippen molar-refractivity contribution in [2.45, 2.75) is 52.1 Å². The molecule has 0 saturated carbocycles. The number of halogens is 1. The SMILES string of the molecule is CCCCCCCNC(=O)C(C)Oc1cccc(Cl)c1. The highest BCUT2D eigenvalue weighted by Gasteiger charge is 2.13. The van der Waals surface area contributed by atoms with Crippen molar-refractivity contribution < 1.29 is 9.53 Å². The van der Waals surface area contributed by atoms with Gasteiger partial charge in [0.1, 0.15) is 5.75 Å². The van der Waals surface area contributed by atoms with Crippen LogP contribution in [0, 0.1) is 0 Å². The Morgan fingerprint density at radius 1 is 1.30 bits per heavy atom. The van der Waals surface area contributed by atoms with E-state index < -0.39 is 6.10 Å². The van der Waals surface area contributed by atoms with Crippen LogP contribution in [0.3, 0.4) is 0 Å². The maximum absolute atomic E-state index is 11.9. The Kier molecular flexibility index (Phi) is 8.12. The molecule has 0 bridgehead atoms. The molecule has 20 heavy (non-hydrogen) atoms. The molecule has 3 nitrogen and oxygen atoms in total. The summed E-state index contributed by atoms with van der Waals surface area (Å²) < 4.78 is 5.56. The fraction of sp³-hybridized carbons (Fsp3) is 0.562. The van der Waals surface area contributed by atoms with Gasteiger partial charge in [-0.3, -0.25) is 4.79 Å². The molecule has 0 fully saturated rings. The monoisotopic (exact) mass is 297 g/mol. The third kappa shape index (κ3) is 6.80. The van der Waals surface area contributed by atoms with Gasteiger partial charge in [0.15, 0.2) is 6.10 Å². The fourth-order valence-electron chi connectivity index (χ4n) is 1.88. The number of nitrogens with one attached hydrogen (secondary N) is 1. The van der Waals surface area contributed by atoms with Gasteiger partial charge in [-0.05, 0) is 31.5 Å². The van der Waals surface area contributed by atoms with Gasteiger partial charge in [0.05, 0.1) is 0 Å². The van der Waals surface area contributed by atoms with E-state index in [2.05, 4.69) is 12.2 Å². The van der Waals surface area contributed by atoms with Gasteiger partial charge >= 0.3 is 0 Å². The van der Waals surface area contributed by atoms with Crippen molar-refractivity contribution in [1.29, 1.82) is 0 Å². The topological polar surface area (TPSA) is 38.3 Å². The summed E-state index contributed by atoms with van der Waals surface area (Å²) in [6.45, 7) is 4.65. The van der Waals surface area contributed by atoms with E-state index in [1.165, 1.54) is 19.3 Å². The number of carbonyl (C=O) groups is 1. The van der Waals surface area contributed by atoms with E-state index >= 15 is 0 Å². The maximum atomic E-state index is 11.9. The fourth-order valence-corrected chi connectivity index (χ4v) is 2.06. The van der Waals surface area contributed by atoms with Gasteiger partial charge in [-0.2, -0.15) is 0 Å². The summed E-state index contributed by atoms with van der Waals surface area (Å²) in [5.41, 5.74) is 0. The van der Waals surface area contributed by atoms with E-state index in [1.807, 2.05) is 0 Å². The zero-order valence-corrected chi connectivity index (χ0v) is 13.1. The number of carbonyl (C=O) groups excluding carboxylic acids is 1. The molecular formula is C16H24ClNO2. The standard InChI is InChI=1S/C16H24ClNO2/c1-3-4-5-6-7-11-18-16(19)13(2)20-15-10-8-9-14(17)12-15/h8-10,12-13H,3-7,11H2,1-2H3,(H,18,19). The first kappa shape index (κ1) is 16.8. The number of hydrogen-bond acceptors (Lipinski definition) is 2. The van der Waals surface area contributed by atoms with Crippen molar-refractivity contribution in [1.82, 2.24) is 5.32 Å². The highest BCUT2D eigenvalue weighted by Crippen LogP contribution is 2.18. The molecule has 112 valence electrons. The number of amides is 1. The summed E-state index contributed by atoms with van der Waals surface area (Å²) in [6.07, 6.45) is 5.41. The second-order valence-corrected chi connectivity index (χ2v) is 5.36. The zero-order chi connectivity index (χ0) is 14.8. The quantitative estimate of drug-likeness (QED) is 0.694. The molecule has 1 aromatic rings. The summed E-state index contributed by atoms with van der Waals surface area (Å²) >= 11 is 5.87. The molecule has 0 heterocycles. The number of unbranched alkanes of at least 4 members (excludes halogenated alkanes) is 4. The van der Waals surface area contributed by atoms with Crippen LogP contribution in [0.4, 0.5) is 0 Å². The lowest BCUT2D eigenvalue weighted by Gasteiger charge is -2.14. The van der Waals surface area contributed by atoms with Crippen LogP contribution in [0.25, 0.3) is 0 Å². The van der Waals surface area contributed by atoms with Gasteiger partial charge in [0.25, 0.3) is 5.91 Å². The summed E-state index contributed by atoms with van der Waals surface area (Å²) in [5, 5.41) is 3.50. The molecule has 0 spiro atoms. The normalized spacial score (nSPS) is 11.9. The first-order chi connectivity index (χ1) is 9.63. The summed E-state index contributed by atoms with van der Waals surface area (Å²) in [5.74, 6) is 0.531. The minimum absolute atomic E-state index is 0.0829. The van der Waals surface area contributed by atoms with Gasteiger partial charge in [0, 0.05) is 11.6 Å². The van der Waals surface area contributed by atoms with Gasteiger partial charge in [-0.15, -0.1) is 0 Å². The molecule has 1 N–H and O–H groups in total. The summed E-state index contributed by atoms with van der Waals surface area (Å²) in [7, 11) is 0. The Bertz CT molecular complexity index is 409. The van der Waals surface area contributed by atoms with E-state index in [0.717, 1.165) is 12.8 Å². The molecule has 4 heteroatoms. The van der Waals surface area contributed by atoms with Crippen LogP contribution < -0.4 is 10.1 Å². The van der Waals surface area contributed by atoms with Crippen LogP contribution in [-0.4, -0.2) is 18.6 Å². The minimum Gasteiger partial charge on any atom is -0.481 e. The van der Waals surface area contributed by atoms with Crippen molar-refractivity contribution in [2.75, 3.05) is 6.54 Å². The predicted molar refractivity (Wildman–Crippen MR) is 83.3 cm³/mol. The minimum atomic E-state index is -0.510. The number of rotatable bonds is 9. The Hall–Kier alpha value is -1.22. The third-order valence-corrected chi connectivity index (χ3v) is 3.29. The highest BCUT2D eigenvalue weighted by atomic mass is 35.5. The average Bonchev–Trinajstić information content (AvgIpc) is 2.42. The zero-order valence-electron chi connectivity index (χ0n) is 12.3.